The molecule has 0 fully saturated rings. The van der Waals surface area contributed by atoms with Crippen molar-refractivity contribution in [1.82, 2.24) is 4.98 Å². The van der Waals surface area contributed by atoms with Gasteiger partial charge in [-0.25, -0.2) is 9.78 Å². The number of carbonyl (C=O) groups excluding carboxylic acids is 1. The van der Waals surface area contributed by atoms with Crippen LogP contribution in [0.4, 0.5) is 10.5 Å². The maximum Gasteiger partial charge on any atom is 0.414 e. The molecule has 0 radical (unpaired) electrons. The van der Waals surface area contributed by atoms with Crippen molar-refractivity contribution in [2.75, 3.05) is 25.2 Å². The molecule has 2 aromatic carbocycles. The highest BCUT2D eigenvalue weighted by Crippen LogP contribution is 2.37. The van der Waals surface area contributed by atoms with Gasteiger partial charge >= 0.3 is 6.09 Å². The van der Waals surface area contributed by atoms with E-state index in [-0.39, 0.29) is 18.3 Å². The predicted molar refractivity (Wildman–Crippen MR) is 149 cm³/mol. The number of aliphatic hydroxyl groups is 1. The number of nitrogens with zero attached hydrogens (tertiary/aromatic N) is 2. The Balaban J connectivity index is 1.69. The minimum atomic E-state index is -2.03. The second kappa shape index (κ2) is 10.8. The van der Waals surface area contributed by atoms with Crippen molar-refractivity contribution in [3.63, 3.8) is 0 Å². The number of fused-ring (bicyclic) bond motifs is 1. The van der Waals surface area contributed by atoms with Crippen molar-refractivity contribution < 1.29 is 28.2 Å². The van der Waals surface area contributed by atoms with E-state index in [4.69, 9.17) is 18.3 Å². The second-order valence-electron chi connectivity index (χ2n) is 11.7. The molecule has 0 aliphatic rings. The Bertz CT molecular complexity index is 1210. The Morgan fingerprint density at radius 3 is 2.30 bits per heavy atom. The molecular weight excluding hydrogens is 488 g/mol. The van der Waals surface area contributed by atoms with Crippen molar-refractivity contribution >= 4 is 31.2 Å². The summed E-state index contributed by atoms with van der Waals surface area (Å²) < 4.78 is 23.6. The zero-order chi connectivity index (χ0) is 27.6. The number of ether oxygens (including phenoxy) is 2. The van der Waals surface area contributed by atoms with Crippen LogP contribution in [-0.4, -0.2) is 56.5 Å². The first-order valence-electron chi connectivity index (χ1n) is 12.5. The summed E-state index contributed by atoms with van der Waals surface area (Å²) in [7, 11) is -0.360. The van der Waals surface area contributed by atoms with Gasteiger partial charge in [-0.3, -0.25) is 4.90 Å². The molecule has 0 unspecified atom stereocenters. The first kappa shape index (κ1) is 28.7. The predicted octanol–water partition coefficient (Wildman–Crippen LogP) is 6.63. The van der Waals surface area contributed by atoms with E-state index in [1.807, 2.05) is 63.2 Å². The van der Waals surface area contributed by atoms with Crippen LogP contribution in [0.1, 0.15) is 41.5 Å². The molecule has 0 saturated heterocycles. The zero-order valence-corrected chi connectivity index (χ0v) is 24.4. The van der Waals surface area contributed by atoms with E-state index >= 15 is 0 Å². The van der Waals surface area contributed by atoms with E-state index in [9.17, 15) is 9.90 Å². The fourth-order valence-electron chi connectivity index (χ4n) is 3.29. The Morgan fingerprint density at radius 2 is 1.73 bits per heavy atom. The lowest BCUT2D eigenvalue weighted by molar-refractivity contribution is 0.0589. The van der Waals surface area contributed by atoms with Gasteiger partial charge in [0, 0.05) is 24.4 Å². The maximum atomic E-state index is 12.3. The average molecular weight is 529 g/mol. The normalized spacial score (nSPS) is 13.5. The smallest absolute Gasteiger partial charge is 0.414 e. The summed E-state index contributed by atoms with van der Waals surface area (Å²) in [6.07, 6.45) is -0.824. The van der Waals surface area contributed by atoms with Gasteiger partial charge in [-0.2, -0.15) is 0 Å². The molecule has 1 heterocycles. The molecule has 0 bridgehead atoms. The zero-order valence-electron chi connectivity index (χ0n) is 23.4. The van der Waals surface area contributed by atoms with Crippen LogP contribution in [0, 0.1) is 0 Å². The summed E-state index contributed by atoms with van der Waals surface area (Å²) in [5, 5.41) is 9.87. The number of aliphatic hydroxyl groups excluding tert-OH is 1. The summed E-state index contributed by atoms with van der Waals surface area (Å²) in [5.41, 5.74) is 2.20. The number of hydrogen-bond donors (Lipinski definition) is 1. The van der Waals surface area contributed by atoms with Crippen molar-refractivity contribution in [2.24, 2.45) is 0 Å². The monoisotopic (exact) mass is 528 g/mol. The maximum absolute atomic E-state index is 12.3. The highest BCUT2D eigenvalue weighted by Gasteiger charge is 2.39. The molecule has 0 spiro atoms. The Morgan fingerprint density at radius 1 is 1.08 bits per heavy atom. The lowest BCUT2D eigenvalue weighted by atomic mass is 10.2. The SMILES string of the molecule is CN(C(=O)OC(C)(C)C)c1ccc(-c2nc3cc(OC[C@@H](CO)O[Si](C)(C)C(C)(C)C)ccc3o2)cc1. The van der Waals surface area contributed by atoms with Crippen LogP contribution in [0.3, 0.4) is 0 Å². The molecule has 9 heteroatoms. The molecule has 1 N–H and O–H groups in total. The van der Waals surface area contributed by atoms with Gasteiger partial charge in [-0.15, -0.1) is 0 Å². The fourth-order valence-corrected chi connectivity index (χ4v) is 4.62. The molecule has 0 saturated carbocycles. The molecule has 1 aromatic heterocycles. The van der Waals surface area contributed by atoms with E-state index in [0.717, 1.165) is 5.56 Å². The third-order valence-corrected chi connectivity index (χ3v) is 11.0. The summed E-state index contributed by atoms with van der Waals surface area (Å²) in [6.45, 7) is 16.4. The van der Waals surface area contributed by atoms with Crippen LogP contribution in [0.25, 0.3) is 22.6 Å². The summed E-state index contributed by atoms with van der Waals surface area (Å²) in [5.74, 6) is 1.09. The lowest BCUT2D eigenvalue weighted by Gasteiger charge is -2.38. The lowest BCUT2D eigenvalue weighted by Crippen LogP contribution is -2.46. The molecule has 37 heavy (non-hydrogen) atoms. The van der Waals surface area contributed by atoms with Gasteiger partial charge in [0.05, 0.1) is 6.61 Å². The van der Waals surface area contributed by atoms with E-state index in [1.165, 1.54) is 4.90 Å². The van der Waals surface area contributed by atoms with Crippen molar-refractivity contribution in [3.8, 4) is 17.2 Å². The average Bonchev–Trinajstić information content (AvgIpc) is 3.23. The van der Waals surface area contributed by atoms with Crippen molar-refractivity contribution in [1.29, 1.82) is 0 Å². The molecule has 1 atom stereocenters. The van der Waals surface area contributed by atoms with Gasteiger partial charge in [-0.1, -0.05) is 20.8 Å². The molecule has 8 nitrogen and oxygen atoms in total. The first-order chi connectivity index (χ1) is 17.1. The van der Waals surface area contributed by atoms with Gasteiger partial charge in [-0.05, 0) is 75.3 Å². The van der Waals surface area contributed by atoms with E-state index < -0.39 is 26.1 Å². The van der Waals surface area contributed by atoms with Crippen LogP contribution in [-0.2, 0) is 9.16 Å². The quantitative estimate of drug-likeness (QED) is 0.328. The number of benzene rings is 2. The van der Waals surface area contributed by atoms with Crippen LogP contribution < -0.4 is 9.64 Å². The Kier molecular flexibility index (Phi) is 8.41. The molecule has 3 rings (SSSR count). The highest BCUT2D eigenvalue weighted by atomic mass is 28.4. The molecule has 0 aliphatic heterocycles. The standard InChI is InChI=1S/C28H40N2O6Si/c1-27(2,3)35-26(32)30(7)20-12-10-19(11-13-20)25-29-23-16-21(14-15-24(23)34-25)33-18-22(17-31)36-37(8,9)28(4,5)6/h10-16,22,31H,17-18H2,1-9H3/t22-/m1/s1. The number of oxazole rings is 1. The summed E-state index contributed by atoms with van der Waals surface area (Å²) in [6, 6.07) is 12.8. The molecule has 0 aliphatic carbocycles. The van der Waals surface area contributed by atoms with E-state index in [2.05, 4.69) is 38.8 Å². The summed E-state index contributed by atoms with van der Waals surface area (Å²) in [4.78, 5) is 18.4. The number of hydrogen-bond acceptors (Lipinski definition) is 7. The van der Waals surface area contributed by atoms with E-state index in [1.54, 1.807) is 7.05 Å². The van der Waals surface area contributed by atoms with Crippen molar-refractivity contribution in [3.05, 3.63) is 42.5 Å². The summed E-state index contributed by atoms with van der Waals surface area (Å²) >= 11 is 0. The molecule has 202 valence electrons. The molecule has 1 amide bonds. The number of anilines is 1. The molecular formula is C28H40N2O6Si. The second-order valence-corrected chi connectivity index (χ2v) is 16.5. The number of aromatic nitrogens is 1. The minimum absolute atomic E-state index is 0.0415. The van der Waals surface area contributed by atoms with Gasteiger partial charge < -0.3 is 23.4 Å². The minimum Gasteiger partial charge on any atom is -0.491 e. The molecule has 3 aromatic rings. The van der Waals surface area contributed by atoms with Crippen LogP contribution in [0.15, 0.2) is 46.9 Å². The van der Waals surface area contributed by atoms with Crippen LogP contribution >= 0.6 is 0 Å². The van der Waals surface area contributed by atoms with Crippen LogP contribution in [0.5, 0.6) is 5.75 Å². The Hall–Kier alpha value is -2.88. The highest BCUT2D eigenvalue weighted by molar-refractivity contribution is 6.74. The third kappa shape index (κ3) is 7.34. The first-order valence-corrected chi connectivity index (χ1v) is 15.4. The number of amides is 1. The third-order valence-electron chi connectivity index (χ3n) is 6.43. The largest absolute Gasteiger partial charge is 0.491 e. The van der Waals surface area contributed by atoms with Crippen LogP contribution in [0.2, 0.25) is 18.1 Å². The van der Waals surface area contributed by atoms with E-state index in [0.29, 0.717) is 28.4 Å². The van der Waals surface area contributed by atoms with Gasteiger partial charge in [0.15, 0.2) is 13.9 Å². The topological polar surface area (TPSA) is 94.3 Å². The fraction of sp³-hybridized carbons (Fsp3) is 0.500. The van der Waals surface area contributed by atoms with Gasteiger partial charge in [0.1, 0.15) is 29.6 Å². The van der Waals surface area contributed by atoms with Gasteiger partial charge in [0.25, 0.3) is 0 Å². The Labute approximate surface area is 220 Å². The number of rotatable bonds is 8. The van der Waals surface area contributed by atoms with Crippen molar-refractivity contribution in [2.45, 2.75) is 71.4 Å². The van der Waals surface area contributed by atoms with Gasteiger partial charge in [0.2, 0.25) is 5.89 Å². The number of carbonyl (C=O) groups is 1.